The summed E-state index contributed by atoms with van der Waals surface area (Å²) >= 11 is 0. The first-order valence-corrected chi connectivity index (χ1v) is 6.37. The molecule has 1 N–H and O–H groups in total. The summed E-state index contributed by atoms with van der Waals surface area (Å²) in [5.41, 5.74) is 1.94. The minimum Gasteiger partial charge on any atom is -0.453 e. The monoisotopic (exact) mass is 245 g/mol. The molecule has 1 aromatic carbocycles. The van der Waals surface area contributed by atoms with Gasteiger partial charge in [0.25, 0.3) is 0 Å². The van der Waals surface area contributed by atoms with Gasteiger partial charge in [-0.05, 0) is 38.5 Å². The van der Waals surface area contributed by atoms with Gasteiger partial charge in [-0.15, -0.1) is 0 Å². The van der Waals surface area contributed by atoms with Crippen LogP contribution in [0.25, 0.3) is 11.0 Å². The van der Waals surface area contributed by atoms with Gasteiger partial charge in [0.05, 0.1) is 6.54 Å². The lowest BCUT2D eigenvalue weighted by molar-refractivity contribution is 0.0963. The van der Waals surface area contributed by atoms with E-state index in [1.54, 1.807) is 0 Å². The second-order valence-electron chi connectivity index (χ2n) is 4.77. The fourth-order valence-corrected chi connectivity index (χ4v) is 1.80. The average Bonchev–Trinajstić information content (AvgIpc) is 2.78. The molecule has 0 spiro atoms. The van der Waals surface area contributed by atoms with Crippen LogP contribution in [0.2, 0.25) is 0 Å². The number of furan rings is 1. The molecule has 0 aliphatic carbocycles. The molecule has 1 unspecified atom stereocenters. The van der Waals surface area contributed by atoms with Gasteiger partial charge in [0, 0.05) is 11.4 Å². The van der Waals surface area contributed by atoms with E-state index in [1.165, 1.54) is 5.56 Å². The Morgan fingerprint density at radius 3 is 2.89 bits per heavy atom. The Labute approximate surface area is 107 Å². The first-order chi connectivity index (χ1) is 8.60. The van der Waals surface area contributed by atoms with Crippen LogP contribution in [-0.4, -0.2) is 18.4 Å². The molecule has 0 saturated carbocycles. The largest absolute Gasteiger partial charge is 0.453 e. The fraction of sp³-hybridized carbons (Fsp3) is 0.400. The molecule has 1 heterocycles. The quantitative estimate of drug-likeness (QED) is 0.822. The van der Waals surface area contributed by atoms with Crippen LogP contribution in [0.15, 0.2) is 28.7 Å². The SMILES string of the molecule is CCC(C)NCC(=O)c1cc2cc(C)ccc2o1. The summed E-state index contributed by atoms with van der Waals surface area (Å²) < 4.78 is 5.56. The van der Waals surface area contributed by atoms with Crippen molar-refractivity contribution < 1.29 is 9.21 Å². The number of Topliss-reactive ketones (excluding diaryl/α,β-unsaturated/α-hetero) is 1. The Balaban J connectivity index is 2.13. The summed E-state index contributed by atoms with van der Waals surface area (Å²) in [7, 11) is 0. The van der Waals surface area contributed by atoms with E-state index < -0.39 is 0 Å². The molecule has 0 saturated heterocycles. The van der Waals surface area contributed by atoms with E-state index in [0.29, 0.717) is 18.3 Å². The van der Waals surface area contributed by atoms with Crippen molar-refractivity contribution in [1.82, 2.24) is 5.32 Å². The van der Waals surface area contributed by atoms with Crippen molar-refractivity contribution in [2.45, 2.75) is 33.2 Å². The maximum atomic E-state index is 12.0. The molecule has 2 aromatic rings. The maximum Gasteiger partial charge on any atom is 0.211 e. The van der Waals surface area contributed by atoms with Gasteiger partial charge in [-0.3, -0.25) is 4.79 Å². The summed E-state index contributed by atoms with van der Waals surface area (Å²) in [5, 5.41) is 4.16. The highest BCUT2D eigenvalue weighted by molar-refractivity contribution is 5.98. The molecule has 3 heteroatoms. The Hall–Kier alpha value is -1.61. The predicted molar refractivity (Wildman–Crippen MR) is 73.0 cm³/mol. The summed E-state index contributed by atoms with van der Waals surface area (Å²) in [6.07, 6.45) is 1.01. The number of nitrogens with one attached hydrogen (secondary N) is 1. The minimum atomic E-state index is 0.00385. The van der Waals surface area contributed by atoms with Crippen molar-refractivity contribution in [3.63, 3.8) is 0 Å². The second-order valence-corrected chi connectivity index (χ2v) is 4.77. The van der Waals surface area contributed by atoms with Crippen LogP contribution in [0.1, 0.15) is 36.4 Å². The van der Waals surface area contributed by atoms with Crippen LogP contribution >= 0.6 is 0 Å². The minimum absolute atomic E-state index is 0.00385. The van der Waals surface area contributed by atoms with E-state index in [4.69, 9.17) is 4.42 Å². The molecule has 18 heavy (non-hydrogen) atoms. The zero-order valence-corrected chi connectivity index (χ0v) is 11.1. The van der Waals surface area contributed by atoms with E-state index in [1.807, 2.05) is 31.2 Å². The lowest BCUT2D eigenvalue weighted by Gasteiger charge is -2.08. The van der Waals surface area contributed by atoms with Gasteiger partial charge in [0.1, 0.15) is 5.58 Å². The molecule has 3 nitrogen and oxygen atoms in total. The van der Waals surface area contributed by atoms with Gasteiger partial charge in [0.2, 0.25) is 5.78 Å². The average molecular weight is 245 g/mol. The highest BCUT2D eigenvalue weighted by Crippen LogP contribution is 2.20. The van der Waals surface area contributed by atoms with E-state index in [2.05, 4.69) is 19.2 Å². The lowest BCUT2D eigenvalue weighted by Crippen LogP contribution is -2.30. The van der Waals surface area contributed by atoms with Gasteiger partial charge >= 0.3 is 0 Å². The van der Waals surface area contributed by atoms with Crippen LogP contribution in [0, 0.1) is 6.92 Å². The summed E-state index contributed by atoms with van der Waals surface area (Å²) in [6, 6.07) is 8.09. The highest BCUT2D eigenvalue weighted by atomic mass is 16.3. The first kappa shape index (κ1) is 12.8. The molecular formula is C15H19NO2. The fourth-order valence-electron chi connectivity index (χ4n) is 1.80. The molecule has 0 radical (unpaired) electrons. The Morgan fingerprint density at radius 2 is 2.17 bits per heavy atom. The standard InChI is InChI=1S/C15H19NO2/c1-4-11(3)16-9-13(17)15-8-12-7-10(2)5-6-14(12)18-15/h5-8,11,16H,4,9H2,1-3H3. The van der Waals surface area contributed by atoms with Gasteiger partial charge < -0.3 is 9.73 Å². The number of benzene rings is 1. The zero-order valence-electron chi connectivity index (χ0n) is 11.1. The number of hydrogen-bond acceptors (Lipinski definition) is 3. The van der Waals surface area contributed by atoms with E-state index in [0.717, 1.165) is 17.4 Å². The molecule has 2 rings (SSSR count). The Morgan fingerprint density at radius 1 is 1.39 bits per heavy atom. The molecule has 96 valence electrons. The van der Waals surface area contributed by atoms with Crippen LogP contribution in [0.3, 0.4) is 0 Å². The van der Waals surface area contributed by atoms with Crippen molar-refractivity contribution >= 4 is 16.8 Å². The summed E-state index contributed by atoms with van der Waals surface area (Å²) in [5.74, 6) is 0.440. The van der Waals surface area contributed by atoms with Crippen molar-refractivity contribution in [1.29, 1.82) is 0 Å². The Kier molecular flexibility index (Phi) is 3.82. The lowest BCUT2D eigenvalue weighted by atomic mass is 10.2. The topological polar surface area (TPSA) is 42.2 Å². The zero-order chi connectivity index (χ0) is 13.1. The smallest absolute Gasteiger partial charge is 0.211 e. The van der Waals surface area contributed by atoms with Crippen LogP contribution in [0.5, 0.6) is 0 Å². The molecule has 0 aliphatic rings. The van der Waals surface area contributed by atoms with E-state index in [9.17, 15) is 4.79 Å². The van der Waals surface area contributed by atoms with Gasteiger partial charge in [-0.2, -0.15) is 0 Å². The van der Waals surface area contributed by atoms with E-state index >= 15 is 0 Å². The van der Waals surface area contributed by atoms with Gasteiger partial charge in [0.15, 0.2) is 5.76 Å². The molecule has 0 aliphatic heterocycles. The van der Waals surface area contributed by atoms with Gasteiger partial charge in [-0.1, -0.05) is 18.6 Å². The number of aryl methyl sites for hydroxylation is 1. The number of carbonyl (C=O) groups is 1. The van der Waals surface area contributed by atoms with Crippen LogP contribution in [-0.2, 0) is 0 Å². The van der Waals surface area contributed by atoms with Crippen molar-refractivity contribution in [3.8, 4) is 0 Å². The summed E-state index contributed by atoms with van der Waals surface area (Å²) in [6.45, 7) is 6.51. The molecule has 0 bridgehead atoms. The van der Waals surface area contributed by atoms with Gasteiger partial charge in [-0.25, -0.2) is 0 Å². The van der Waals surface area contributed by atoms with E-state index in [-0.39, 0.29) is 5.78 Å². The molecule has 0 amide bonds. The van der Waals surface area contributed by atoms with Crippen molar-refractivity contribution in [2.24, 2.45) is 0 Å². The molecule has 1 aromatic heterocycles. The third-order valence-corrected chi connectivity index (χ3v) is 3.17. The predicted octanol–water partition coefficient (Wildman–Crippen LogP) is 3.31. The number of rotatable bonds is 5. The van der Waals surface area contributed by atoms with Crippen LogP contribution in [0.4, 0.5) is 0 Å². The Bertz CT molecular complexity index is 557. The third-order valence-electron chi connectivity index (χ3n) is 3.17. The number of fused-ring (bicyclic) bond motifs is 1. The first-order valence-electron chi connectivity index (χ1n) is 6.37. The number of carbonyl (C=O) groups excluding carboxylic acids is 1. The normalized spacial score (nSPS) is 12.8. The molecular weight excluding hydrogens is 226 g/mol. The van der Waals surface area contributed by atoms with Crippen LogP contribution < -0.4 is 5.32 Å². The second kappa shape index (κ2) is 5.36. The number of ketones is 1. The number of hydrogen-bond donors (Lipinski definition) is 1. The van der Waals surface area contributed by atoms with Crippen molar-refractivity contribution in [3.05, 3.63) is 35.6 Å². The van der Waals surface area contributed by atoms with Crippen molar-refractivity contribution in [2.75, 3.05) is 6.54 Å². The molecule has 1 atom stereocenters. The third kappa shape index (κ3) is 2.79. The summed E-state index contributed by atoms with van der Waals surface area (Å²) in [4.78, 5) is 12.0. The molecule has 0 fully saturated rings. The highest BCUT2D eigenvalue weighted by Gasteiger charge is 2.12. The maximum absolute atomic E-state index is 12.0.